The van der Waals surface area contributed by atoms with Crippen molar-refractivity contribution in [3.8, 4) is 0 Å². The summed E-state index contributed by atoms with van der Waals surface area (Å²) in [6.07, 6.45) is -0.692. The summed E-state index contributed by atoms with van der Waals surface area (Å²) < 4.78 is 15.3. The Morgan fingerprint density at radius 2 is 2.27 bits per heavy atom. The number of alkyl halides is 1. The van der Waals surface area contributed by atoms with E-state index in [0.717, 1.165) is 16.9 Å². The molecule has 1 aromatic carbocycles. The van der Waals surface area contributed by atoms with Gasteiger partial charge in [0.05, 0.1) is 23.6 Å². The number of halogens is 1. The van der Waals surface area contributed by atoms with Crippen LogP contribution in [0.3, 0.4) is 0 Å². The second-order valence-electron chi connectivity index (χ2n) is 5.99. The Morgan fingerprint density at radius 3 is 2.95 bits per heavy atom. The van der Waals surface area contributed by atoms with Crippen LogP contribution in [0.4, 0.5) is 4.39 Å². The highest BCUT2D eigenvalue weighted by molar-refractivity contribution is 5.82. The first-order valence-corrected chi connectivity index (χ1v) is 7.67. The van der Waals surface area contributed by atoms with Gasteiger partial charge in [-0.15, -0.1) is 0 Å². The van der Waals surface area contributed by atoms with Gasteiger partial charge >= 0.3 is 0 Å². The maximum Gasteiger partial charge on any atom is 0.237 e. The molecule has 0 bridgehead atoms. The van der Waals surface area contributed by atoms with E-state index < -0.39 is 12.2 Å². The topological polar surface area (TPSA) is 59.0 Å². The summed E-state index contributed by atoms with van der Waals surface area (Å²) in [4.78, 5) is 16.7. The lowest BCUT2D eigenvalue weighted by Gasteiger charge is -2.15. The molecule has 1 aromatic heterocycles. The zero-order valence-corrected chi connectivity index (χ0v) is 12.8. The summed E-state index contributed by atoms with van der Waals surface area (Å²) in [5.74, 6) is 0.654. The van der Waals surface area contributed by atoms with Crippen molar-refractivity contribution in [2.45, 2.75) is 45.1 Å². The summed E-state index contributed by atoms with van der Waals surface area (Å²) >= 11 is 0. The Hall–Kier alpha value is -1.95. The maximum atomic E-state index is 13.1. The van der Waals surface area contributed by atoms with E-state index in [1.165, 1.54) is 0 Å². The van der Waals surface area contributed by atoms with Gasteiger partial charge in [0.2, 0.25) is 5.91 Å². The summed E-state index contributed by atoms with van der Waals surface area (Å²) in [7, 11) is 0. The lowest BCUT2D eigenvalue weighted by atomic mass is 10.2. The number of fused-ring (bicyclic) bond motifs is 1. The molecular formula is C16H21FN4O. The predicted molar refractivity (Wildman–Crippen MR) is 83.3 cm³/mol. The molecule has 0 saturated carbocycles. The van der Waals surface area contributed by atoms with Crippen molar-refractivity contribution in [2.24, 2.45) is 0 Å². The molecule has 2 heterocycles. The van der Waals surface area contributed by atoms with Crippen molar-refractivity contribution in [3.05, 3.63) is 30.1 Å². The molecule has 5 nitrogen and oxygen atoms in total. The van der Waals surface area contributed by atoms with Crippen molar-refractivity contribution in [1.29, 1.82) is 0 Å². The Kier molecular flexibility index (Phi) is 4.11. The van der Waals surface area contributed by atoms with E-state index in [-0.39, 0.29) is 24.9 Å². The van der Waals surface area contributed by atoms with Crippen LogP contribution in [0.1, 0.15) is 32.1 Å². The van der Waals surface area contributed by atoms with Crippen LogP contribution < -0.4 is 10.6 Å². The molecule has 1 aliphatic heterocycles. The quantitative estimate of drug-likeness (QED) is 0.907. The number of aromatic nitrogens is 2. The van der Waals surface area contributed by atoms with E-state index in [0.29, 0.717) is 6.54 Å². The second-order valence-corrected chi connectivity index (χ2v) is 5.99. The van der Waals surface area contributed by atoms with Gasteiger partial charge in [-0.25, -0.2) is 9.37 Å². The molecule has 0 radical (unpaired) electrons. The van der Waals surface area contributed by atoms with E-state index in [1.54, 1.807) is 0 Å². The summed E-state index contributed by atoms with van der Waals surface area (Å²) in [5.41, 5.74) is 1.98. The van der Waals surface area contributed by atoms with Gasteiger partial charge in [0.15, 0.2) is 0 Å². The summed E-state index contributed by atoms with van der Waals surface area (Å²) in [6.45, 7) is 4.78. The minimum atomic E-state index is -0.934. The minimum absolute atomic E-state index is 0.164. The molecule has 3 rings (SSSR count). The molecule has 1 fully saturated rings. The molecule has 0 unspecified atom stereocenters. The standard InChI is InChI=1S/C16H21FN4O/c1-10(2)21-14-6-4-3-5-12(14)20-15(21)9-19-16(22)13-7-11(17)8-18-13/h3-6,10-11,13,18H,7-9H2,1-2H3,(H,19,22)/t11-,13+/m0/s1. The minimum Gasteiger partial charge on any atom is -0.348 e. The van der Waals surface area contributed by atoms with Gasteiger partial charge < -0.3 is 15.2 Å². The van der Waals surface area contributed by atoms with E-state index in [4.69, 9.17) is 0 Å². The van der Waals surface area contributed by atoms with Crippen LogP contribution in [0.25, 0.3) is 11.0 Å². The van der Waals surface area contributed by atoms with E-state index >= 15 is 0 Å². The van der Waals surface area contributed by atoms with Crippen LogP contribution in [-0.2, 0) is 11.3 Å². The van der Waals surface area contributed by atoms with Crippen molar-refractivity contribution < 1.29 is 9.18 Å². The third-order valence-corrected chi connectivity index (χ3v) is 4.00. The molecule has 6 heteroatoms. The highest BCUT2D eigenvalue weighted by Gasteiger charge is 2.29. The molecule has 2 N–H and O–H groups in total. The first kappa shape index (κ1) is 15.0. The van der Waals surface area contributed by atoms with E-state index in [2.05, 4.69) is 34.0 Å². The lowest BCUT2D eigenvalue weighted by molar-refractivity contribution is -0.123. The molecule has 1 aliphatic rings. The number of carbonyl (C=O) groups excluding carboxylic acids is 1. The number of nitrogens with one attached hydrogen (secondary N) is 2. The first-order chi connectivity index (χ1) is 10.6. The Balaban J connectivity index is 1.76. The molecule has 0 aliphatic carbocycles. The van der Waals surface area contributed by atoms with Gasteiger partial charge in [0.25, 0.3) is 0 Å². The van der Waals surface area contributed by atoms with Gasteiger partial charge in [-0.05, 0) is 26.0 Å². The number of hydrogen-bond acceptors (Lipinski definition) is 3. The number of nitrogens with zero attached hydrogens (tertiary/aromatic N) is 2. The van der Waals surface area contributed by atoms with Gasteiger partial charge in [-0.1, -0.05) is 12.1 Å². The predicted octanol–water partition coefficient (Wildman–Crippen LogP) is 1.93. The van der Waals surface area contributed by atoms with Gasteiger partial charge in [0.1, 0.15) is 12.0 Å². The van der Waals surface area contributed by atoms with Crippen LogP contribution in [0, 0.1) is 0 Å². The average molecular weight is 304 g/mol. The zero-order chi connectivity index (χ0) is 15.7. The molecule has 22 heavy (non-hydrogen) atoms. The number of imidazole rings is 1. The fraction of sp³-hybridized carbons (Fsp3) is 0.500. The van der Waals surface area contributed by atoms with Crippen molar-refractivity contribution in [3.63, 3.8) is 0 Å². The second kappa shape index (κ2) is 6.04. The van der Waals surface area contributed by atoms with Gasteiger partial charge in [-0.2, -0.15) is 0 Å². The van der Waals surface area contributed by atoms with Crippen molar-refractivity contribution in [1.82, 2.24) is 20.2 Å². The Labute approximate surface area is 128 Å². The van der Waals surface area contributed by atoms with Crippen molar-refractivity contribution >= 4 is 16.9 Å². The molecule has 1 saturated heterocycles. The van der Waals surface area contributed by atoms with Crippen LogP contribution in [-0.4, -0.2) is 34.2 Å². The zero-order valence-electron chi connectivity index (χ0n) is 12.8. The first-order valence-electron chi connectivity index (χ1n) is 7.67. The summed E-state index contributed by atoms with van der Waals surface area (Å²) in [5, 5.41) is 5.76. The molecular weight excluding hydrogens is 283 g/mol. The molecule has 2 aromatic rings. The number of para-hydroxylation sites is 2. The highest BCUT2D eigenvalue weighted by atomic mass is 19.1. The van der Waals surface area contributed by atoms with Crippen LogP contribution in [0.5, 0.6) is 0 Å². The third kappa shape index (κ3) is 2.83. The van der Waals surface area contributed by atoms with Gasteiger partial charge in [0, 0.05) is 19.0 Å². The molecule has 0 spiro atoms. The Morgan fingerprint density at radius 1 is 1.50 bits per heavy atom. The van der Waals surface area contributed by atoms with Crippen LogP contribution in [0.15, 0.2) is 24.3 Å². The Bertz CT molecular complexity index is 682. The molecule has 2 atom stereocenters. The molecule has 118 valence electrons. The number of benzene rings is 1. The maximum absolute atomic E-state index is 13.1. The smallest absolute Gasteiger partial charge is 0.237 e. The van der Waals surface area contributed by atoms with E-state index in [1.807, 2.05) is 24.3 Å². The van der Waals surface area contributed by atoms with E-state index in [9.17, 15) is 9.18 Å². The SMILES string of the molecule is CC(C)n1c(CNC(=O)[C@H]2C[C@H](F)CN2)nc2ccccc21. The highest BCUT2D eigenvalue weighted by Crippen LogP contribution is 2.21. The molecule has 1 amide bonds. The fourth-order valence-corrected chi connectivity index (χ4v) is 2.98. The summed E-state index contributed by atoms with van der Waals surface area (Å²) in [6, 6.07) is 7.73. The van der Waals surface area contributed by atoms with Crippen molar-refractivity contribution in [2.75, 3.05) is 6.54 Å². The number of rotatable bonds is 4. The lowest BCUT2D eigenvalue weighted by Crippen LogP contribution is -2.40. The normalized spacial score (nSPS) is 21.6. The van der Waals surface area contributed by atoms with Crippen LogP contribution in [0.2, 0.25) is 0 Å². The number of hydrogen-bond donors (Lipinski definition) is 2. The third-order valence-electron chi connectivity index (χ3n) is 4.00. The average Bonchev–Trinajstić information content (AvgIpc) is 3.07. The van der Waals surface area contributed by atoms with Crippen LogP contribution >= 0.6 is 0 Å². The fourth-order valence-electron chi connectivity index (χ4n) is 2.98. The number of carbonyl (C=O) groups is 1. The monoisotopic (exact) mass is 304 g/mol. The number of amides is 1. The van der Waals surface area contributed by atoms with Gasteiger partial charge in [-0.3, -0.25) is 4.79 Å². The largest absolute Gasteiger partial charge is 0.348 e.